The van der Waals surface area contributed by atoms with Crippen LogP contribution >= 0.6 is 0 Å². The van der Waals surface area contributed by atoms with Gasteiger partial charge in [-0.15, -0.1) is 16.6 Å². The number of carboxylic acid groups (broad SMARTS) is 1. The van der Waals surface area contributed by atoms with E-state index in [-0.39, 0.29) is 62.2 Å². The predicted octanol–water partition coefficient (Wildman–Crippen LogP) is -4.03. The van der Waals surface area contributed by atoms with Crippen molar-refractivity contribution in [1.29, 1.82) is 0 Å². The van der Waals surface area contributed by atoms with Gasteiger partial charge in [-0.3, -0.25) is 14.4 Å². The molecule has 378 valence electrons. The number of aliphatic hydroxyl groups excluding tert-OH is 1. The molecule has 5 unspecified atom stereocenters. The van der Waals surface area contributed by atoms with Crippen molar-refractivity contribution in [1.82, 2.24) is 54.7 Å². The van der Waals surface area contributed by atoms with Crippen LogP contribution in [0.5, 0.6) is 0 Å². The molecule has 0 bridgehead atoms. The SMILES string of the molecule is C#CCOCCOCCOCCNc1nc(N2CCN(C(=O)C(CCCCN)n3cc(C(N)CO)nn3)CC2)nc(N2CCN(C(=O)C(CCC(=O)O)n3cc(C(N)C(C)CC)nn3)CC2)n1.[Cl-]. The van der Waals surface area contributed by atoms with Crippen molar-refractivity contribution in [2.75, 3.05) is 127 Å². The van der Waals surface area contributed by atoms with Crippen LogP contribution in [0.2, 0.25) is 0 Å². The number of carbonyl (C=O) groups is 3. The molecule has 9 N–H and O–H groups in total. The smallest absolute Gasteiger partial charge is 0.303 e. The number of unbranched alkanes of at least 4 members (excludes halogenated alkanes) is 1. The van der Waals surface area contributed by atoms with Gasteiger partial charge in [0.15, 0.2) is 0 Å². The fourth-order valence-electron chi connectivity index (χ4n) is 7.52. The van der Waals surface area contributed by atoms with Crippen LogP contribution in [-0.2, 0) is 28.6 Å². The third-order valence-electron chi connectivity index (χ3n) is 11.8. The highest BCUT2D eigenvalue weighted by atomic mass is 35.5. The lowest BCUT2D eigenvalue weighted by Gasteiger charge is -2.38. The maximum Gasteiger partial charge on any atom is 0.303 e. The average molecular weight is 976 g/mol. The second-order valence-electron chi connectivity index (χ2n) is 16.5. The summed E-state index contributed by atoms with van der Waals surface area (Å²) in [5.41, 5.74) is 19.1. The molecule has 2 aliphatic rings. The van der Waals surface area contributed by atoms with E-state index < -0.39 is 24.1 Å². The predicted molar refractivity (Wildman–Crippen MR) is 245 cm³/mol. The maximum absolute atomic E-state index is 14.1. The first kappa shape index (κ1) is 55.3. The molecule has 3 aromatic heterocycles. The number of aliphatic carboxylic acids is 1. The zero-order chi connectivity index (χ0) is 48.1. The Labute approximate surface area is 403 Å². The van der Waals surface area contributed by atoms with E-state index in [0.717, 1.165) is 12.8 Å². The van der Waals surface area contributed by atoms with E-state index in [1.165, 1.54) is 9.36 Å². The number of terminal acetylenes is 1. The van der Waals surface area contributed by atoms with Crippen molar-refractivity contribution in [3.8, 4) is 12.3 Å². The van der Waals surface area contributed by atoms with E-state index in [0.29, 0.717) is 141 Å². The lowest BCUT2D eigenvalue weighted by Crippen LogP contribution is -3.00. The number of nitrogens with zero attached hydrogens (tertiary/aromatic N) is 13. The molecule has 5 atom stereocenters. The zero-order valence-corrected chi connectivity index (χ0v) is 39.9. The van der Waals surface area contributed by atoms with E-state index in [1.807, 2.05) is 23.6 Å². The summed E-state index contributed by atoms with van der Waals surface area (Å²) in [7, 11) is 0. The van der Waals surface area contributed by atoms with Crippen molar-refractivity contribution in [2.24, 2.45) is 23.1 Å². The number of halogens is 1. The molecule has 2 fully saturated rings. The molecule has 25 nitrogen and oxygen atoms in total. The Bertz CT molecular complexity index is 2020. The fourth-order valence-corrected chi connectivity index (χ4v) is 7.52. The second-order valence-corrected chi connectivity index (χ2v) is 16.5. The van der Waals surface area contributed by atoms with E-state index in [1.54, 1.807) is 22.2 Å². The minimum atomic E-state index is -1.02. The first-order valence-electron chi connectivity index (χ1n) is 23.1. The normalized spacial score (nSPS) is 16.4. The summed E-state index contributed by atoms with van der Waals surface area (Å²) < 4.78 is 19.4. The van der Waals surface area contributed by atoms with Crippen molar-refractivity contribution in [2.45, 2.75) is 76.5 Å². The van der Waals surface area contributed by atoms with Gasteiger partial charge in [0.25, 0.3) is 0 Å². The van der Waals surface area contributed by atoms with Gasteiger partial charge in [-0.25, -0.2) is 9.36 Å². The third kappa shape index (κ3) is 16.1. The maximum atomic E-state index is 14.1. The number of piperazine rings is 2. The summed E-state index contributed by atoms with van der Waals surface area (Å²) in [5, 5.41) is 39.1. The molecule has 5 rings (SSSR count). The van der Waals surface area contributed by atoms with Gasteiger partial charge in [0.1, 0.15) is 24.4 Å². The number of carboxylic acids is 1. The molecule has 2 amide bonds. The largest absolute Gasteiger partial charge is 1.00 e. The number of hydrogen-bond donors (Lipinski definition) is 6. The first-order chi connectivity index (χ1) is 32.5. The Morgan fingerprint density at radius 3 is 1.85 bits per heavy atom. The van der Waals surface area contributed by atoms with E-state index in [2.05, 4.69) is 31.9 Å². The molecule has 68 heavy (non-hydrogen) atoms. The van der Waals surface area contributed by atoms with E-state index >= 15 is 0 Å². The highest BCUT2D eigenvalue weighted by molar-refractivity contribution is 5.81. The van der Waals surface area contributed by atoms with Crippen molar-refractivity contribution < 1.29 is 51.2 Å². The topological polar surface area (TPSA) is 322 Å². The van der Waals surface area contributed by atoms with Crippen LogP contribution in [0.3, 0.4) is 0 Å². The molecule has 0 spiro atoms. The molecular weight excluding hydrogens is 906 g/mol. The van der Waals surface area contributed by atoms with Crippen molar-refractivity contribution in [3.63, 3.8) is 0 Å². The van der Waals surface area contributed by atoms with Crippen molar-refractivity contribution >= 4 is 35.6 Å². The van der Waals surface area contributed by atoms with Crippen molar-refractivity contribution in [3.05, 3.63) is 23.8 Å². The van der Waals surface area contributed by atoms with Gasteiger partial charge < -0.3 is 78.9 Å². The first-order valence-corrected chi connectivity index (χ1v) is 23.1. The van der Waals surface area contributed by atoms with Crippen LogP contribution < -0.4 is 44.7 Å². The van der Waals surface area contributed by atoms with Crippen LogP contribution in [0.4, 0.5) is 17.8 Å². The molecule has 0 radical (unpaired) electrons. The zero-order valence-electron chi connectivity index (χ0n) is 39.1. The van der Waals surface area contributed by atoms with Gasteiger partial charge in [0.2, 0.25) is 29.7 Å². The van der Waals surface area contributed by atoms with Gasteiger partial charge in [-0.1, -0.05) is 36.6 Å². The Morgan fingerprint density at radius 1 is 0.794 bits per heavy atom. The Balaban J connectivity index is 0.0000101. The molecular formula is C42H69ClN17O8-. The number of ether oxygens (including phenoxy) is 3. The van der Waals surface area contributed by atoms with Crippen LogP contribution in [0, 0.1) is 18.3 Å². The summed E-state index contributed by atoms with van der Waals surface area (Å²) in [4.78, 5) is 61.7. The molecule has 0 saturated carbocycles. The van der Waals surface area contributed by atoms with E-state index in [4.69, 9.17) is 52.8 Å². The second kappa shape index (κ2) is 28.9. The molecule has 5 heterocycles. The molecule has 0 aromatic carbocycles. The van der Waals surface area contributed by atoms with E-state index in [9.17, 15) is 24.6 Å². The Kier molecular flexibility index (Phi) is 23.5. The van der Waals surface area contributed by atoms with Gasteiger partial charge >= 0.3 is 5.97 Å². The molecule has 0 aliphatic carbocycles. The molecule has 2 saturated heterocycles. The lowest BCUT2D eigenvalue weighted by molar-refractivity contribution is -0.139. The summed E-state index contributed by atoms with van der Waals surface area (Å²) in [6, 6.07) is -2.58. The number of aliphatic hydroxyl groups is 1. The Morgan fingerprint density at radius 2 is 1.32 bits per heavy atom. The van der Waals surface area contributed by atoms with Crippen LogP contribution in [0.25, 0.3) is 0 Å². The number of aromatic nitrogens is 9. The number of carbonyl (C=O) groups excluding carboxylic acids is 2. The number of anilines is 3. The molecule has 2 aliphatic heterocycles. The van der Waals surface area contributed by atoms with Crippen LogP contribution in [-0.4, -0.2) is 194 Å². The quantitative estimate of drug-likeness (QED) is 0.0285. The van der Waals surface area contributed by atoms with Gasteiger partial charge in [-0.2, -0.15) is 15.0 Å². The fraction of sp³-hybridized carbons (Fsp3) is 0.714. The summed E-state index contributed by atoms with van der Waals surface area (Å²) >= 11 is 0. The number of nitrogens with one attached hydrogen (secondary N) is 1. The third-order valence-corrected chi connectivity index (χ3v) is 11.8. The van der Waals surface area contributed by atoms with Gasteiger partial charge in [0.05, 0.1) is 69.8 Å². The number of nitrogens with two attached hydrogens (primary N) is 3. The Hall–Kier alpha value is -5.33. The number of hydrogen-bond acceptors (Lipinski definition) is 20. The minimum Gasteiger partial charge on any atom is -1.00 e. The monoisotopic (exact) mass is 975 g/mol. The lowest BCUT2D eigenvalue weighted by atomic mass is 9.98. The van der Waals surface area contributed by atoms with Gasteiger partial charge in [-0.05, 0) is 38.1 Å². The van der Waals surface area contributed by atoms with Crippen LogP contribution in [0.15, 0.2) is 12.4 Å². The minimum absolute atomic E-state index is 0. The van der Waals surface area contributed by atoms with Crippen LogP contribution in [0.1, 0.15) is 87.9 Å². The summed E-state index contributed by atoms with van der Waals surface area (Å²) in [5.74, 6) is 2.31. The summed E-state index contributed by atoms with van der Waals surface area (Å²) in [6.45, 7) is 9.86. The molecule has 3 aromatic rings. The highest BCUT2D eigenvalue weighted by Gasteiger charge is 2.34. The van der Waals surface area contributed by atoms with Gasteiger partial charge in [0, 0.05) is 65.3 Å². The number of rotatable bonds is 29. The molecule has 26 heteroatoms. The average Bonchev–Trinajstić information content (AvgIpc) is 4.05. The summed E-state index contributed by atoms with van der Waals surface area (Å²) in [6.07, 6.45) is 11.1. The standard InChI is InChI=1S/C42H69N17O8.ClH/c1-4-21-65-23-25-67-26-24-66-22-12-46-40-47-41(56-17-13-54(14-18-56)38(63)34(8-6-7-11-43)58-27-32(50-52-58)31(44)29-60)49-42(48-40)57-19-15-55(16-20-57)39(64)35(9-10-36(61)62)59-28-33(51-53-59)37(45)30(3)5-2;/h1,27-28,30-31,34-35,37,60H,5-26,29,43-45H2,2-3H3,(H,61,62)(H,46,47,48,49);1H/p-1. The highest BCUT2D eigenvalue weighted by Crippen LogP contribution is 2.26. The number of amides is 2.